The highest BCUT2D eigenvalue weighted by atomic mass is 35.7. The third kappa shape index (κ3) is 4.76. The van der Waals surface area contributed by atoms with E-state index in [4.69, 9.17) is 23.1 Å². The third-order valence-electron chi connectivity index (χ3n) is 3.47. The minimum Gasteiger partial charge on any atom is -0.222 e. The van der Waals surface area contributed by atoms with Crippen LogP contribution in [0, 0.1) is 10.2 Å². The molecule has 0 saturated carbocycles. The van der Waals surface area contributed by atoms with Crippen LogP contribution < -0.4 is 18.6 Å². The normalized spacial score (nSPS) is 13.0. The van der Waals surface area contributed by atoms with Gasteiger partial charge in [0.1, 0.15) is 0 Å². The molecule has 0 N–H and O–H groups in total. The Morgan fingerprint density at radius 1 is 0.864 bits per heavy atom. The molecule has 0 amide bonds. The minimum atomic E-state index is -4.94. The van der Waals surface area contributed by atoms with E-state index in [9.17, 15) is 0 Å². The largest absolute Gasteiger partial charge is 0.337 e. The Labute approximate surface area is 131 Å². The first-order valence-electron chi connectivity index (χ1n) is 6.87. The highest BCUT2D eigenvalue weighted by Crippen LogP contribution is 2.29. The second-order valence-corrected chi connectivity index (χ2v) is 6.20. The standard InChI is InChI=1S/C16H17O.ClHO4/c1-11(2)15-8-7-14-9-12-5-3-4-6-13(12)10-16(14)17-15;2-1(3,4)5/h3-8,11H,9-10H2,1-2H3;(H,2,3,4,5)/q+1;/p-1. The van der Waals surface area contributed by atoms with Crippen molar-refractivity contribution >= 4 is 0 Å². The molecule has 0 fully saturated rings. The predicted octanol–water partition coefficient (Wildman–Crippen LogP) is -0.577. The molecule has 3 rings (SSSR count). The molecule has 1 aromatic carbocycles. The first kappa shape index (κ1) is 16.9. The molecule has 1 aromatic heterocycles. The predicted molar refractivity (Wildman–Crippen MR) is 69.3 cm³/mol. The zero-order valence-corrected chi connectivity index (χ0v) is 13.1. The summed E-state index contributed by atoms with van der Waals surface area (Å²) in [5, 5.41) is 0. The summed E-state index contributed by atoms with van der Waals surface area (Å²) in [5.41, 5.74) is 4.19. The zero-order chi connectivity index (χ0) is 16.3. The summed E-state index contributed by atoms with van der Waals surface area (Å²) < 4.78 is 40.0. The van der Waals surface area contributed by atoms with E-state index < -0.39 is 10.2 Å². The fourth-order valence-electron chi connectivity index (χ4n) is 2.42. The van der Waals surface area contributed by atoms with Gasteiger partial charge in [0.15, 0.2) is 0 Å². The lowest BCUT2D eigenvalue weighted by Crippen LogP contribution is -2.68. The Bertz CT molecular complexity index is 643. The molecule has 1 aliphatic rings. The molecular weight excluding hydrogens is 308 g/mol. The van der Waals surface area contributed by atoms with Crippen molar-refractivity contribution in [2.45, 2.75) is 32.6 Å². The van der Waals surface area contributed by atoms with Crippen molar-refractivity contribution in [3.63, 3.8) is 0 Å². The second-order valence-electron chi connectivity index (χ2n) is 5.44. The summed E-state index contributed by atoms with van der Waals surface area (Å²) in [5.74, 6) is 2.69. The molecule has 0 spiro atoms. The SMILES string of the molecule is CC(C)c1ccc2c([o+]1)Cc1ccccc1C2.[O-][Cl+3]([O-])([O-])[O-]. The summed E-state index contributed by atoms with van der Waals surface area (Å²) in [6, 6.07) is 13.0. The summed E-state index contributed by atoms with van der Waals surface area (Å²) >= 11 is 0. The van der Waals surface area contributed by atoms with Crippen LogP contribution in [-0.2, 0) is 12.8 Å². The highest BCUT2D eigenvalue weighted by molar-refractivity contribution is 5.41. The molecular formula is C16H17ClO5. The summed E-state index contributed by atoms with van der Waals surface area (Å²) in [4.78, 5) is 0. The minimum absolute atomic E-state index is 0.456. The van der Waals surface area contributed by atoms with Crippen LogP contribution in [0.4, 0.5) is 0 Å². The van der Waals surface area contributed by atoms with Crippen molar-refractivity contribution in [3.8, 4) is 0 Å². The molecule has 0 atom stereocenters. The van der Waals surface area contributed by atoms with E-state index in [-0.39, 0.29) is 0 Å². The first-order valence-corrected chi connectivity index (χ1v) is 8.11. The van der Waals surface area contributed by atoms with Gasteiger partial charge in [0.25, 0.3) is 0 Å². The number of halogens is 1. The van der Waals surface area contributed by atoms with Crippen molar-refractivity contribution in [2.24, 2.45) is 0 Å². The average Bonchev–Trinajstić information content (AvgIpc) is 2.42. The smallest absolute Gasteiger partial charge is 0.222 e. The topological polar surface area (TPSA) is 104 Å². The lowest BCUT2D eigenvalue weighted by molar-refractivity contribution is -2.00. The Morgan fingerprint density at radius 3 is 1.95 bits per heavy atom. The number of benzene rings is 1. The van der Waals surface area contributed by atoms with Crippen LogP contribution >= 0.6 is 0 Å². The summed E-state index contributed by atoms with van der Waals surface area (Å²) in [7, 11) is -4.94. The van der Waals surface area contributed by atoms with Crippen molar-refractivity contribution in [1.29, 1.82) is 0 Å². The van der Waals surface area contributed by atoms with E-state index in [0.29, 0.717) is 5.92 Å². The first-order chi connectivity index (χ1) is 10.2. The number of hydrogen-bond donors (Lipinski definition) is 0. The van der Waals surface area contributed by atoms with Gasteiger partial charge in [-0.3, -0.25) is 0 Å². The van der Waals surface area contributed by atoms with E-state index in [1.807, 2.05) is 0 Å². The molecule has 5 nitrogen and oxygen atoms in total. The van der Waals surface area contributed by atoms with Gasteiger partial charge in [-0.1, -0.05) is 38.1 Å². The van der Waals surface area contributed by atoms with Gasteiger partial charge in [-0.15, -0.1) is 10.2 Å². The van der Waals surface area contributed by atoms with Crippen LogP contribution in [0.1, 0.15) is 48.0 Å². The number of fused-ring (bicyclic) bond motifs is 2. The molecule has 1 aliphatic carbocycles. The molecule has 2 aromatic rings. The average molecular weight is 325 g/mol. The number of rotatable bonds is 1. The van der Waals surface area contributed by atoms with E-state index in [0.717, 1.165) is 24.4 Å². The Hall–Kier alpha value is -1.50. The van der Waals surface area contributed by atoms with E-state index in [1.165, 1.54) is 16.7 Å². The van der Waals surface area contributed by atoms with E-state index in [1.54, 1.807) is 0 Å². The highest BCUT2D eigenvalue weighted by Gasteiger charge is 2.26. The van der Waals surface area contributed by atoms with E-state index >= 15 is 0 Å². The second kappa shape index (κ2) is 6.73. The maximum absolute atomic E-state index is 8.49. The van der Waals surface area contributed by atoms with Gasteiger partial charge in [0.05, 0.1) is 17.9 Å². The van der Waals surface area contributed by atoms with Crippen molar-refractivity contribution in [1.82, 2.24) is 0 Å². The van der Waals surface area contributed by atoms with Gasteiger partial charge in [-0.2, -0.15) is 0 Å². The Morgan fingerprint density at radius 2 is 1.41 bits per heavy atom. The maximum Gasteiger partial charge on any atom is 0.337 e. The maximum atomic E-state index is 8.49. The summed E-state index contributed by atoms with van der Waals surface area (Å²) in [6.45, 7) is 4.34. The molecule has 0 aliphatic heterocycles. The molecule has 0 unspecified atom stereocenters. The van der Waals surface area contributed by atoms with Crippen molar-refractivity contribution < 1.29 is 33.3 Å². The fourth-order valence-corrected chi connectivity index (χ4v) is 2.42. The van der Waals surface area contributed by atoms with Crippen molar-refractivity contribution in [3.05, 3.63) is 64.6 Å². The van der Waals surface area contributed by atoms with Gasteiger partial charge < -0.3 is 0 Å². The lowest BCUT2D eigenvalue weighted by Gasteiger charge is -2.17. The molecule has 22 heavy (non-hydrogen) atoms. The van der Waals surface area contributed by atoms with Crippen molar-refractivity contribution in [2.75, 3.05) is 0 Å². The monoisotopic (exact) mass is 324 g/mol. The van der Waals surface area contributed by atoms with Crippen LogP contribution in [0.3, 0.4) is 0 Å². The van der Waals surface area contributed by atoms with Crippen LogP contribution in [0.5, 0.6) is 0 Å². The quantitative estimate of drug-likeness (QED) is 0.557. The fraction of sp³-hybridized carbons (Fsp3) is 0.312. The molecule has 1 heterocycles. The van der Waals surface area contributed by atoms with Crippen LogP contribution in [0.2, 0.25) is 0 Å². The lowest BCUT2D eigenvalue weighted by atomic mass is 9.90. The van der Waals surface area contributed by atoms with Gasteiger partial charge in [0.2, 0.25) is 0 Å². The molecule has 0 bridgehead atoms. The Kier molecular flexibility index (Phi) is 5.16. The zero-order valence-electron chi connectivity index (χ0n) is 12.4. The summed E-state index contributed by atoms with van der Waals surface area (Å²) in [6.07, 6.45) is 1.94. The number of hydrogen-bond acceptors (Lipinski definition) is 4. The van der Waals surface area contributed by atoms with Gasteiger partial charge in [-0.05, 0) is 17.2 Å². The molecule has 0 radical (unpaired) electrons. The molecule has 0 saturated heterocycles. The van der Waals surface area contributed by atoms with Gasteiger partial charge >= 0.3 is 11.5 Å². The van der Waals surface area contributed by atoms with Crippen LogP contribution in [-0.4, -0.2) is 0 Å². The van der Waals surface area contributed by atoms with Crippen LogP contribution in [0.25, 0.3) is 0 Å². The van der Waals surface area contributed by atoms with Gasteiger partial charge in [-0.25, -0.2) is 23.1 Å². The van der Waals surface area contributed by atoms with Crippen LogP contribution in [0.15, 0.2) is 40.8 Å². The van der Waals surface area contributed by atoms with Gasteiger partial charge in [0, 0.05) is 12.5 Å². The molecule has 118 valence electrons. The molecule has 6 heteroatoms. The Balaban J connectivity index is 0.000000309. The van der Waals surface area contributed by atoms with E-state index in [2.05, 4.69) is 50.2 Å². The third-order valence-corrected chi connectivity index (χ3v) is 3.47.